The number of hydrogen-bond donors (Lipinski definition) is 0. The van der Waals surface area contributed by atoms with Gasteiger partial charge in [-0.25, -0.2) is 0 Å². The second-order valence-corrected chi connectivity index (χ2v) is 16.2. The lowest BCUT2D eigenvalue weighted by Gasteiger charge is -2.47. The number of allylic oxidation sites excluding steroid dienone is 2. The molecule has 1 saturated heterocycles. The molecule has 2 heterocycles. The van der Waals surface area contributed by atoms with Crippen LogP contribution in [0, 0.1) is 11.8 Å². The minimum absolute atomic E-state index is 0.00551. The molecule has 2 unspecified atom stereocenters. The Kier molecular flexibility index (Phi) is 7.06. The predicted octanol–water partition coefficient (Wildman–Crippen LogP) is 5.92. The summed E-state index contributed by atoms with van der Waals surface area (Å²) in [7, 11) is -2.77. The van der Waals surface area contributed by atoms with Gasteiger partial charge in [0.2, 0.25) is 0 Å². The van der Waals surface area contributed by atoms with E-state index in [0.717, 1.165) is 30.0 Å². The molecule has 0 saturated carbocycles. The average Bonchev–Trinajstić information content (AvgIpc) is 3.21. The van der Waals surface area contributed by atoms with E-state index in [1.165, 1.54) is 15.9 Å². The maximum absolute atomic E-state index is 11.3. The maximum atomic E-state index is 11.3. The molecule has 5 rings (SSSR count). The minimum Gasteiger partial charge on any atom is -0.397 e. The first kappa shape index (κ1) is 24.9. The number of rotatable bonds is 7. The highest BCUT2D eigenvalue weighted by molar-refractivity contribution is 9.11. The first-order chi connectivity index (χ1) is 16.9. The summed E-state index contributed by atoms with van der Waals surface area (Å²) in [5.74, 6) is 0.876. The van der Waals surface area contributed by atoms with Gasteiger partial charge in [0.25, 0.3) is 8.32 Å². The zero-order chi connectivity index (χ0) is 24.6. The van der Waals surface area contributed by atoms with E-state index < -0.39 is 8.32 Å². The van der Waals surface area contributed by atoms with Crippen molar-refractivity contribution in [2.75, 3.05) is 0 Å². The lowest BCUT2D eigenvalue weighted by molar-refractivity contribution is -0.107. The number of aldehydes is 1. The molecule has 3 nitrogen and oxygen atoms in total. The minimum atomic E-state index is -2.77. The second kappa shape index (κ2) is 9.93. The maximum Gasteiger partial charge on any atom is 0.262 e. The van der Waals surface area contributed by atoms with Gasteiger partial charge in [-0.15, -0.1) is 0 Å². The van der Waals surface area contributed by atoms with Crippen molar-refractivity contribution in [2.24, 2.45) is 11.8 Å². The fraction of sp³-hybridized carbons (Fsp3) is 0.433. The number of benzene rings is 2. The molecule has 2 aliphatic heterocycles. The third-order valence-electron chi connectivity index (χ3n) is 8.10. The van der Waals surface area contributed by atoms with Crippen LogP contribution in [0.1, 0.15) is 46.5 Å². The van der Waals surface area contributed by atoms with Crippen LogP contribution in [0.2, 0.25) is 5.04 Å². The molecule has 5 heteroatoms. The molecular weight excluding hydrogens is 516 g/mol. The summed E-state index contributed by atoms with van der Waals surface area (Å²) in [5, 5.41) is 2.43. The van der Waals surface area contributed by atoms with E-state index in [9.17, 15) is 4.79 Å². The summed E-state index contributed by atoms with van der Waals surface area (Å²) in [6, 6.07) is 21.6. The highest BCUT2D eigenvalue weighted by atomic mass is 79.9. The molecule has 5 atom stereocenters. The van der Waals surface area contributed by atoms with Crippen molar-refractivity contribution in [1.82, 2.24) is 0 Å². The number of fused-ring (bicyclic) bond motifs is 5. The Morgan fingerprint density at radius 3 is 2.09 bits per heavy atom. The molecule has 3 aliphatic rings. The zero-order valence-corrected chi connectivity index (χ0v) is 23.4. The van der Waals surface area contributed by atoms with Crippen molar-refractivity contribution in [2.45, 2.75) is 69.8 Å². The summed E-state index contributed by atoms with van der Waals surface area (Å²) in [6.45, 7) is 6.95. The van der Waals surface area contributed by atoms with Crippen LogP contribution in [0.15, 0.2) is 82.9 Å². The molecule has 0 spiro atoms. The molecular formula is C30H35BrO3Si. The Balaban J connectivity index is 1.67. The molecule has 1 aliphatic carbocycles. The van der Waals surface area contributed by atoms with Gasteiger partial charge < -0.3 is 14.0 Å². The molecule has 0 N–H and O–H groups in total. The third kappa shape index (κ3) is 4.24. The Morgan fingerprint density at radius 1 is 0.971 bits per heavy atom. The Labute approximate surface area is 218 Å². The quantitative estimate of drug-likeness (QED) is 0.243. The average molecular weight is 552 g/mol. The molecule has 0 aromatic heterocycles. The summed E-state index contributed by atoms with van der Waals surface area (Å²) in [6.07, 6.45) is 8.79. The van der Waals surface area contributed by atoms with E-state index in [-0.39, 0.29) is 23.4 Å². The van der Waals surface area contributed by atoms with Gasteiger partial charge in [0.1, 0.15) is 12.4 Å². The first-order valence-electron chi connectivity index (χ1n) is 12.8. The number of carbonyl (C=O) groups is 1. The van der Waals surface area contributed by atoms with Crippen LogP contribution in [-0.2, 0) is 14.0 Å². The van der Waals surface area contributed by atoms with Crippen LogP contribution in [-0.4, -0.2) is 32.9 Å². The van der Waals surface area contributed by atoms with Gasteiger partial charge in [0.05, 0.1) is 12.2 Å². The molecule has 0 radical (unpaired) electrons. The molecule has 0 amide bonds. The SMILES string of the molecule is CC(C)(C)[Si](O[C@@H]1C(Br)=C(CCC=O)[C@@H]2O[C@H]1C1CC=CCC12)(c1ccccc1)c1ccccc1. The first-order valence-corrected chi connectivity index (χ1v) is 15.5. The van der Waals surface area contributed by atoms with Crippen molar-refractivity contribution in [1.29, 1.82) is 0 Å². The van der Waals surface area contributed by atoms with E-state index in [2.05, 4.69) is 110 Å². The van der Waals surface area contributed by atoms with Gasteiger partial charge >= 0.3 is 0 Å². The summed E-state index contributed by atoms with van der Waals surface area (Å²) < 4.78 is 15.5. The van der Waals surface area contributed by atoms with E-state index in [1.54, 1.807) is 0 Å². The second-order valence-electron chi connectivity index (χ2n) is 11.1. The molecule has 35 heavy (non-hydrogen) atoms. The Bertz CT molecular complexity index is 1070. The third-order valence-corrected chi connectivity index (χ3v) is 14.1. The lowest BCUT2D eigenvalue weighted by atomic mass is 9.78. The predicted molar refractivity (Wildman–Crippen MR) is 148 cm³/mol. The van der Waals surface area contributed by atoms with Gasteiger partial charge in [-0.2, -0.15) is 0 Å². The number of halogens is 1. The Hall–Kier alpha value is -1.79. The van der Waals surface area contributed by atoms with Crippen molar-refractivity contribution >= 4 is 40.9 Å². The van der Waals surface area contributed by atoms with Gasteiger partial charge in [0.15, 0.2) is 0 Å². The summed E-state index contributed by atoms with van der Waals surface area (Å²) in [5.41, 5.74) is 1.22. The van der Waals surface area contributed by atoms with Crippen molar-refractivity contribution in [3.63, 3.8) is 0 Å². The Morgan fingerprint density at radius 2 is 1.54 bits per heavy atom. The van der Waals surface area contributed by atoms with Gasteiger partial charge in [-0.3, -0.25) is 0 Å². The molecule has 2 aromatic carbocycles. The van der Waals surface area contributed by atoms with Gasteiger partial charge in [-0.1, -0.05) is 110 Å². The molecule has 2 bridgehead atoms. The number of carbonyl (C=O) groups excluding carboxylic acids is 1. The van der Waals surface area contributed by atoms with E-state index in [1.807, 2.05) is 0 Å². The van der Waals surface area contributed by atoms with Crippen LogP contribution in [0.4, 0.5) is 0 Å². The number of ether oxygens (including phenoxy) is 1. The summed E-state index contributed by atoms with van der Waals surface area (Å²) >= 11 is 4.03. The fourth-order valence-corrected chi connectivity index (χ4v) is 12.1. The van der Waals surface area contributed by atoms with E-state index in [4.69, 9.17) is 9.16 Å². The normalized spacial score (nSPS) is 28.2. The smallest absolute Gasteiger partial charge is 0.262 e. The van der Waals surface area contributed by atoms with Crippen molar-refractivity contribution in [3.05, 3.63) is 82.9 Å². The largest absolute Gasteiger partial charge is 0.397 e. The van der Waals surface area contributed by atoms with Crippen LogP contribution in [0.25, 0.3) is 0 Å². The standard InChI is InChI=1S/C30H35BrO3Si/c1-30(2,3)35(21-13-6-4-7-14-21,22-15-8-5-9-16-22)34-29-26(31)25(19-12-20-32)27-23-17-10-11-18-24(23)28(29)33-27/h4-11,13-16,20,23-24,27-29H,12,17-19H2,1-3H3/t23?,24?,27-,28+,29-/m1/s1. The van der Waals surface area contributed by atoms with Crippen LogP contribution in [0.3, 0.4) is 0 Å². The topological polar surface area (TPSA) is 35.5 Å². The lowest BCUT2D eigenvalue weighted by Crippen LogP contribution is -2.68. The van der Waals surface area contributed by atoms with Crippen LogP contribution in [0.5, 0.6) is 0 Å². The highest BCUT2D eigenvalue weighted by Gasteiger charge is 2.58. The van der Waals surface area contributed by atoms with Gasteiger partial charge in [-0.05, 0) is 52.1 Å². The highest BCUT2D eigenvalue weighted by Crippen LogP contribution is 2.53. The van der Waals surface area contributed by atoms with E-state index >= 15 is 0 Å². The summed E-state index contributed by atoms with van der Waals surface area (Å²) in [4.78, 5) is 11.3. The molecule has 2 aromatic rings. The van der Waals surface area contributed by atoms with Crippen molar-refractivity contribution in [3.8, 4) is 0 Å². The van der Waals surface area contributed by atoms with Crippen molar-refractivity contribution < 1.29 is 14.0 Å². The van der Waals surface area contributed by atoms with E-state index in [0.29, 0.717) is 18.3 Å². The zero-order valence-electron chi connectivity index (χ0n) is 20.8. The number of hydrogen-bond acceptors (Lipinski definition) is 3. The van der Waals surface area contributed by atoms with Crippen LogP contribution >= 0.6 is 15.9 Å². The monoisotopic (exact) mass is 550 g/mol. The fourth-order valence-electron chi connectivity index (χ4n) is 6.53. The van der Waals surface area contributed by atoms with Crippen LogP contribution < -0.4 is 10.4 Å². The van der Waals surface area contributed by atoms with Gasteiger partial charge in [0, 0.05) is 10.9 Å². The molecule has 184 valence electrons. The molecule has 1 fully saturated rings.